The topological polar surface area (TPSA) is 64.1 Å². The van der Waals surface area contributed by atoms with Gasteiger partial charge in [-0.3, -0.25) is 0 Å². The molecule has 0 saturated carbocycles. The third kappa shape index (κ3) is 2.29. The Bertz CT molecular complexity index is 555. The van der Waals surface area contributed by atoms with Crippen molar-refractivity contribution in [3.63, 3.8) is 0 Å². The van der Waals surface area contributed by atoms with Gasteiger partial charge in [-0.25, -0.2) is 14.8 Å². The number of carbonyl (C=O) groups is 1. The molecule has 1 N–H and O–H groups in total. The first-order valence-corrected chi connectivity index (χ1v) is 5.44. The van der Waals surface area contributed by atoms with E-state index in [0.29, 0.717) is 11.5 Å². The Labute approximate surface area is 105 Å². The smallest absolute Gasteiger partial charge is 0.360 e. The second kappa shape index (κ2) is 5.27. The number of benzene rings is 1. The molecule has 0 aliphatic carbocycles. The lowest BCUT2D eigenvalue weighted by Crippen LogP contribution is -2.10. The van der Waals surface area contributed by atoms with Crippen molar-refractivity contribution in [2.45, 2.75) is 0 Å². The fourth-order valence-electron chi connectivity index (χ4n) is 1.56. The quantitative estimate of drug-likeness (QED) is 0.835. The standard InChI is InChI=1S/C13H13N3O2/c1-14-12-11(13(17)18-2)15-8-10(16-12)9-6-4-3-5-7-9/h3-8H,1-2H3,(H,14,16). The van der Waals surface area contributed by atoms with E-state index >= 15 is 0 Å². The molecule has 5 nitrogen and oxygen atoms in total. The van der Waals surface area contributed by atoms with Crippen LogP contribution in [0.25, 0.3) is 11.3 Å². The molecule has 0 atom stereocenters. The van der Waals surface area contributed by atoms with E-state index in [1.807, 2.05) is 30.3 Å². The summed E-state index contributed by atoms with van der Waals surface area (Å²) in [6, 6.07) is 9.63. The Morgan fingerprint density at radius 3 is 2.61 bits per heavy atom. The third-order valence-electron chi connectivity index (χ3n) is 2.46. The van der Waals surface area contributed by atoms with Gasteiger partial charge in [0.15, 0.2) is 11.5 Å². The summed E-state index contributed by atoms with van der Waals surface area (Å²) in [5.74, 6) is -0.102. The number of nitrogens with one attached hydrogen (secondary N) is 1. The van der Waals surface area contributed by atoms with Crippen LogP contribution in [0.4, 0.5) is 5.82 Å². The van der Waals surface area contributed by atoms with Gasteiger partial charge in [-0.05, 0) is 0 Å². The number of esters is 1. The Morgan fingerprint density at radius 2 is 2.00 bits per heavy atom. The van der Waals surface area contributed by atoms with E-state index in [2.05, 4.69) is 20.0 Å². The molecule has 0 aliphatic rings. The minimum Gasteiger partial charge on any atom is -0.464 e. The maximum Gasteiger partial charge on any atom is 0.360 e. The zero-order valence-electron chi connectivity index (χ0n) is 10.2. The molecule has 0 aliphatic heterocycles. The van der Waals surface area contributed by atoms with Crippen LogP contribution in [-0.2, 0) is 4.74 Å². The maximum atomic E-state index is 11.5. The van der Waals surface area contributed by atoms with Crippen LogP contribution in [0.3, 0.4) is 0 Å². The zero-order valence-corrected chi connectivity index (χ0v) is 10.2. The zero-order chi connectivity index (χ0) is 13.0. The van der Waals surface area contributed by atoms with Crippen LogP contribution in [0.5, 0.6) is 0 Å². The number of anilines is 1. The van der Waals surface area contributed by atoms with E-state index in [4.69, 9.17) is 0 Å². The molecule has 0 bridgehead atoms. The fourth-order valence-corrected chi connectivity index (χ4v) is 1.56. The highest BCUT2D eigenvalue weighted by Gasteiger charge is 2.15. The molecular weight excluding hydrogens is 230 g/mol. The van der Waals surface area contributed by atoms with Gasteiger partial charge in [0.1, 0.15) is 0 Å². The van der Waals surface area contributed by atoms with Crippen molar-refractivity contribution >= 4 is 11.8 Å². The molecule has 18 heavy (non-hydrogen) atoms. The first-order valence-electron chi connectivity index (χ1n) is 5.44. The van der Waals surface area contributed by atoms with Crippen LogP contribution in [0.2, 0.25) is 0 Å². The second-order valence-electron chi connectivity index (χ2n) is 3.56. The summed E-state index contributed by atoms with van der Waals surface area (Å²) in [7, 11) is 3.00. The summed E-state index contributed by atoms with van der Waals surface area (Å²) in [6.45, 7) is 0. The van der Waals surface area contributed by atoms with Crippen molar-refractivity contribution in [3.05, 3.63) is 42.2 Å². The number of nitrogens with zero attached hydrogens (tertiary/aromatic N) is 2. The van der Waals surface area contributed by atoms with Crippen molar-refractivity contribution < 1.29 is 9.53 Å². The predicted molar refractivity (Wildman–Crippen MR) is 68.4 cm³/mol. The lowest BCUT2D eigenvalue weighted by atomic mass is 10.1. The number of rotatable bonds is 3. The summed E-state index contributed by atoms with van der Waals surface area (Å²) in [5, 5.41) is 2.85. The second-order valence-corrected chi connectivity index (χ2v) is 3.56. The normalized spacial score (nSPS) is 9.89. The van der Waals surface area contributed by atoms with Crippen LogP contribution in [-0.4, -0.2) is 30.1 Å². The molecular formula is C13H13N3O2. The first kappa shape index (κ1) is 12.0. The van der Waals surface area contributed by atoms with E-state index in [1.165, 1.54) is 7.11 Å². The van der Waals surface area contributed by atoms with Gasteiger partial charge in [0.25, 0.3) is 0 Å². The molecule has 0 fully saturated rings. The summed E-state index contributed by atoms with van der Waals surface area (Å²) < 4.78 is 4.64. The van der Waals surface area contributed by atoms with Crippen molar-refractivity contribution in [2.75, 3.05) is 19.5 Å². The molecule has 0 unspecified atom stereocenters. The highest BCUT2D eigenvalue weighted by Crippen LogP contribution is 2.19. The Balaban J connectivity index is 2.45. The molecule has 5 heteroatoms. The third-order valence-corrected chi connectivity index (χ3v) is 2.46. The van der Waals surface area contributed by atoms with E-state index in [0.717, 1.165) is 5.56 Å². The van der Waals surface area contributed by atoms with Gasteiger partial charge in [0.2, 0.25) is 0 Å². The largest absolute Gasteiger partial charge is 0.464 e. The number of carbonyl (C=O) groups excluding carboxylic acids is 1. The van der Waals surface area contributed by atoms with Gasteiger partial charge in [0.05, 0.1) is 19.0 Å². The van der Waals surface area contributed by atoms with Gasteiger partial charge in [-0.1, -0.05) is 30.3 Å². The number of hydrogen-bond acceptors (Lipinski definition) is 5. The predicted octanol–water partition coefficient (Wildman–Crippen LogP) is 1.97. The Hall–Kier alpha value is -2.43. The van der Waals surface area contributed by atoms with E-state index in [-0.39, 0.29) is 5.69 Å². The molecule has 0 saturated heterocycles. The van der Waals surface area contributed by atoms with E-state index in [1.54, 1.807) is 13.2 Å². The Morgan fingerprint density at radius 1 is 1.28 bits per heavy atom. The molecule has 2 aromatic rings. The number of hydrogen-bond donors (Lipinski definition) is 1. The van der Waals surface area contributed by atoms with Gasteiger partial charge in [0, 0.05) is 12.6 Å². The first-order chi connectivity index (χ1) is 8.76. The lowest BCUT2D eigenvalue weighted by Gasteiger charge is -2.07. The van der Waals surface area contributed by atoms with E-state index in [9.17, 15) is 4.79 Å². The molecule has 92 valence electrons. The lowest BCUT2D eigenvalue weighted by molar-refractivity contribution is 0.0595. The summed E-state index contributed by atoms with van der Waals surface area (Å²) in [6.07, 6.45) is 1.56. The van der Waals surface area contributed by atoms with Crippen molar-refractivity contribution in [2.24, 2.45) is 0 Å². The average Bonchev–Trinajstić information content (AvgIpc) is 2.46. The minimum atomic E-state index is -0.508. The van der Waals surface area contributed by atoms with Crippen LogP contribution in [0.1, 0.15) is 10.5 Å². The molecule has 1 heterocycles. The highest BCUT2D eigenvalue weighted by molar-refractivity contribution is 5.92. The summed E-state index contributed by atoms with van der Waals surface area (Å²) in [4.78, 5) is 19.9. The molecule has 1 aromatic carbocycles. The van der Waals surface area contributed by atoms with Crippen LogP contribution in [0, 0.1) is 0 Å². The van der Waals surface area contributed by atoms with Crippen LogP contribution >= 0.6 is 0 Å². The maximum absolute atomic E-state index is 11.5. The number of ether oxygens (including phenoxy) is 1. The SMILES string of the molecule is CNc1nc(-c2ccccc2)cnc1C(=O)OC. The van der Waals surface area contributed by atoms with Crippen LogP contribution in [0.15, 0.2) is 36.5 Å². The summed E-state index contributed by atoms with van der Waals surface area (Å²) >= 11 is 0. The summed E-state index contributed by atoms with van der Waals surface area (Å²) in [5.41, 5.74) is 1.82. The monoisotopic (exact) mass is 243 g/mol. The van der Waals surface area contributed by atoms with Gasteiger partial charge < -0.3 is 10.1 Å². The van der Waals surface area contributed by atoms with Gasteiger partial charge in [-0.15, -0.1) is 0 Å². The number of methoxy groups -OCH3 is 1. The van der Waals surface area contributed by atoms with Crippen molar-refractivity contribution in [3.8, 4) is 11.3 Å². The molecule has 0 spiro atoms. The van der Waals surface area contributed by atoms with Gasteiger partial charge in [-0.2, -0.15) is 0 Å². The van der Waals surface area contributed by atoms with Crippen LogP contribution < -0.4 is 5.32 Å². The number of aromatic nitrogens is 2. The van der Waals surface area contributed by atoms with Crippen molar-refractivity contribution in [1.29, 1.82) is 0 Å². The highest BCUT2D eigenvalue weighted by atomic mass is 16.5. The average molecular weight is 243 g/mol. The molecule has 1 aromatic heterocycles. The van der Waals surface area contributed by atoms with Crippen molar-refractivity contribution in [1.82, 2.24) is 9.97 Å². The van der Waals surface area contributed by atoms with E-state index < -0.39 is 5.97 Å². The Kier molecular flexibility index (Phi) is 3.52. The molecule has 0 radical (unpaired) electrons. The minimum absolute atomic E-state index is 0.180. The molecule has 2 rings (SSSR count). The molecule has 0 amide bonds. The fraction of sp³-hybridized carbons (Fsp3) is 0.154. The van der Waals surface area contributed by atoms with Gasteiger partial charge >= 0.3 is 5.97 Å².